The molecule has 49 heavy (non-hydrogen) atoms. The normalized spacial score (nSPS) is 14.1. The predicted molar refractivity (Wildman–Crippen MR) is 197 cm³/mol. The molecule has 258 valence electrons. The Morgan fingerprint density at radius 1 is 0.878 bits per heavy atom. The second-order valence-corrected chi connectivity index (χ2v) is 15.2. The lowest BCUT2D eigenvalue weighted by Gasteiger charge is -2.35. The van der Waals surface area contributed by atoms with Gasteiger partial charge in [-0.25, -0.2) is 8.42 Å². The molecule has 0 radical (unpaired) electrons. The van der Waals surface area contributed by atoms with Crippen molar-refractivity contribution in [3.8, 4) is 5.75 Å². The Bertz CT molecular complexity index is 1810. The van der Waals surface area contributed by atoms with Gasteiger partial charge in [0.2, 0.25) is 11.8 Å². The molecule has 1 unspecified atom stereocenters. The van der Waals surface area contributed by atoms with Crippen molar-refractivity contribution in [1.29, 1.82) is 0 Å². The van der Waals surface area contributed by atoms with Crippen LogP contribution in [-0.2, 0) is 32.6 Å². The number of ether oxygens (including phenoxy) is 1. The maximum absolute atomic E-state index is 14.8. The molecule has 0 aromatic heterocycles. The van der Waals surface area contributed by atoms with Gasteiger partial charge < -0.3 is 15.0 Å². The number of benzene rings is 4. The number of hydrogen-bond donors (Lipinski definition) is 1. The second-order valence-electron chi connectivity index (χ2n) is 12.4. The van der Waals surface area contributed by atoms with E-state index in [4.69, 9.17) is 4.74 Å². The zero-order chi connectivity index (χ0) is 34.8. The third-order valence-electron chi connectivity index (χ3n) is 8.79. The Labute approximate surface area is 298 Å². The molecule has 2 amide bonds. The molecule has 10 heteroatoms. The third-order valence-corrected chi connectivity index (χ3v) is 11.1. The molecule has 1 aliphatic rings. The third kappa shape index (κ3) is 9.51. The number of rotatable bonds is 14. The zero-order valence-electron chi connectivity index (χ0n) is 28.1. The topological polar surface area (TPSA) is 96.0 Å². The fourth-order valence-corrected chi connectivity index (χ4v) is 8.09. The maximum atomic E-state index is 14.8. The van der Waals surface area contributed by atoms with Gasteiger partial charge in [0.05, 0.1) is 17.2 Å². The molecule has 0 saturated heterocycles. The summed E-state index contributed by atoms with van der Waals surface area (Å²) in [5.74, 6) is -0.425. The van der Waals surface area contributed by atoms with Gasteiger partial charge in [-0.15, -0.1) is 0 Å². The quantitative estimate of drug-likeness (QED) is 0.145. The van der Waals surface area contributed by atoms with Gasteiger partial charge in [0.15, 0.2) is 0 Å². The van der Waals surface area contributed by atoms with Crippen molar-refractivity contribution in [1.82, 2.24) is 10.2 Å². The van der Waals surface area contributed by atoms with Gasteiger partial charge in [-0.2, -0.15) is 0 Å². The SMILES string of the molecule is CCOc1ccccc1N(CC(=O)N(Cc1cccc(Br)c1)C(Cc1ccccc1)C(=O)NC1CCCCC1)S(=O)(=O)c1ccc(C)cc1. The second kappa shape index (κ2) is 17.0. The van der Waals surface area contributed by atoms with Crippen LogP contribution in [0.2, 0.25) is 0 Å². The van der Waals surface area contributed by atoms with Gasteiger partial charge in [0, 0.05) is 23.5 Å². The molecule has 5 rings (SSSR count). The van der Waals surface area contributed by atoms with Crippen molar-refractivity contribution < 1.29 is 22.7 Å². The van der Waals surface area contributed by atoms with E-state index in [0.717, 1.165) is 57.6 Å². The number of aryl methyl sites for hydroxylation is 1. The number of halogens is 1. The fourth-order valence-electron chi connectivity index (χ4n) is 6.22. The highest BCUT2D eigenvalue weighted by Gasteiger charge is 2.36. The average molecular weight is 747 g/mol. The van der Waals surface area contributed by atoms with Crippen LogP contribution >= 0.6 is 15.9 Å². The highest BCUT2D eigenvalue weighted by molar-refractivity contribution is 9.10. The van der Waals surface area contributed by atoms with Crippen LogP contribution in [0.1, 0.15) is 55.7 Å². The van der Waals surface area contributed by atoms with Gasteiger partial charge in [-0.3, -0.25) is 13.9 Å². The minimum absolute atomic E-state index is 0.0267. The number of para-hydroxylation sites is 2. The van der Waals surface area contributed by atoms with Crippen LogP contribution in [0.25, 0.3) is 0 Å². The van der Waals surface area contributed by atoms with Crippen LogP contribution in [0.3, 0.4) is 0 Å². The number of carbonyl (C=O) groups is 2. The van der Waals surface area contributed by atoms with Crippen LogP contribution in [0, 0.1) is 6.92 Å². The molecule has 1 atom stereocenters. The summed E-state index contributed by atoms with van der Waals surface area (Å²) in [4.78, 5) is 30.7. The first kappa shape index (κ1) is 36.1. The van der Waals surface area contributed by atoms with Crippen molar-refractivity contribution in [2.45, 2.75) is 75.9 Å². The van der Waals surface area contributed by atoms with Crippen LogP contribution in [0.15, 0.2) is 112 Å². The van der Waals surface area contributed by atoms with E-state index in [9.17, 15) is 18.0 Å². The number of hydrogen-bond acceptors (Lipinski definition) is 5. The van der Waals surface area contributed by atoms with Gasteiger partial charge in [-0.1, -0.05) is 107 Å². The number of nitrogens with one attached hydrogen (secondary N) is 1. The van der Waals surface area contributed by atoms with Crippen LogP contribution < -0.4 is 14.4 Å². The molecule has 1 saturated carbocycles. The van der Waals surface area contributed by atoms with E-state index in [-0.39, 0.29) is 35.5 Å². The smallest absolute Gasteiger partial charge is 0.264 e. The van der Waals surface area contributed by atoms with E-state index < -0.39 is 28.5 Å². The first-order valence-electron chi connectivity index (χ1n) is 16.8. The number of amides is 2. The predicted octanol–water partition coefficient (Wildman–Crippen LogP) is 7.44. The van der Waals surface area contributed by atoms with Crippen LogP contribution in [-0.4, -0.2) is 50.4 Å². The summed E-state index contributed by atoms with van der Waals surface area (Å²) in [6.07, 6.45) is 5.27. The van der Waals surface area contributed by atoms with Crippen LogP contribution in [0.5, 0.6) is 5.75 Å². The minimum Gasteiger partial charge on any atom is -0.492 e. The Kier molecular flexibility index (Phi) is 12.5. The van der Waals surface area contributed by atoms with E-state index in [2.05, 4.69) is 21.2 Å². The summed E-state index contributed by atoms with van der Waals surface area (Å²) in [6, 6.07) is 29.7. The minimum atomic E-state index is -4.25. The molecule has 1 aliphatic carbocycles. The Balaban J connectivity index is 1.59. The molecule has 0 heterocycles. The van der Waals surface area contributed by atoms with Crippen molar-refractivity contribution in [2.75, 3.05) is 17.5 Å². The molecule has 0 spiro atoms. The van der Waals surface area contributed by atoms with Gasteiger partial charge >= 0.3 is 0 Å². The van der Waals surface area contributed by atoms with E-state index in [1.165, 1.54) is 4.90 Å². The number of nitrogens with zero attached hydrogens (tertiary/aromatic N) is 2. The molecule has 4 aromatic rings. The lowest BCUT2D eigenvalue weighted by Crippen LogP contribution is -2.55. The summed E-state index contributed by atoms with van der Waals surface area (Å²) < 4.78 is 36.7. The first-order valence-corrected chi connectivity index (χ1v) is 19.1. The average Bonchev–Trinajstić information content (AvgIpc) is 3.10. The summed E-state index contributed by atoms with van der Waals surface area (Å²) in [5.41, 5.74) is 2.84. The lowest BCUT2D eigenvalue weighted by molar-refractivity contribution is -0.140. The lowest BCUT2D eigenvalue weighted by atomic mass is 9.94. The summed E-state index contributed by atoms with van der Waals surface area (Å²) in [7, 11) is -4.25. The Morgan fingerprint density at radius 2 is 1.55 bits per heavy atom. The van der Waals surface area contributed by atoms with E-state index >= 15 is 0 Å². The van der Waals surface area contributed by atoms with Crippen molar-refractivity contribution in [2.24, 2.45) is 0 Å². The molecular formula is C39H44BrN3O5S. The number of carbonyl (C=O) groups excluding carboxylic acids is 2. The van der Waals surface area contributed by atoms with Gasteiger partial charge in [0.1, 0.15) is 18.3 Å². The summed E-state index contributed by atoms with van der Waals surface area (Å²) >= 11 is 3.54. The molecule has 0 bridgehead atoms. The molecule has 1 fully saturated rings. The largest absolute Gasteiger partial charge is 0.492 e. The van der Waals surface area contributed by atoms with Gasteiger partial charge in [-0.05, 0) is 74.2 Å². The number of sulfonamides is 1. The van der Waals surface area contributed by atoms with E-state index in [0.29, 0.717) is 12.4 Å². The molecule has 1 N–H and O–H groups in total. The van der Waals surface area contributed by atoms with Gasteiger partial charge in [0.25, 0.3) is 10.0 Å². The highest BCUT2D eigenvalue weighted by Crippen LogP contribution is 2.33. The maximum Gasteiger partial charge on any atom is 0.264 e. The van der Waals surface area contributed by atoms with Crippen molar-refractivity contribution in [3.05, 3.63) is 124 Å². The highest BCUT2D eigenvalue weighted by atomic mass is 79.9. The molecular weight excluding hydrogens is 702 g/mol. The summed E-state index contributed by atoms with van der Waals surface area (Å²) in [6.45, 7) is 3.56. The van der Waals surface area contributed by atoms with Crippen molar-refractivity contribution >= 4 is 43.5 Å². The van der Waals surface area contributed by atoms with E-state index in [1.807, 2.05) is 68.4 Å². The zero-order valence-corrected chi connectivity index (χ0v) is 30.5. The standard InChI is InChI=1S/C39H44BrN3O5S/c1-3-48-37-20-11-10-19-35(37)43(49(46,47)34-23-21-29(2)22-24-34)28-38(44)42(27-31-15-12-16-32(40)25-31)36(26-30-13-6-4-7-14-30)39(45)41-33-17-8-5-9-18-33/h4,6-7,10-16,19-25,33,36H,3,5,8-9,17-18,26-28H2,1-2H3,(H,41,45). The van der Waals surface area contributed by atoms with E-state index in [1.54, 1.807) is 48.5 Å². The molecule has 8 nitrogen and oxygen atoms in total. The molecule has 0 aliphatic heterocycles. The molecule has 4 aromatic carbocycles. The van der Waals surface area contributed by atoms with Crippen molar-refractivity contribution in [3.63, 3.8) is 0 Å². The summed E-state index contributed by atoms with van der Waals surface area (Å²) in [5, 5.41) is 3.25. The first-order chi connectivity index (χ1) is 23.7. The van der Waals surface area contributed by atoms with Crippen LogP contribution in [0.4, 0.5) is 5.69 Å². The Hall–Kier alpha value is -4.15. The number of anilines is 1. The monoisotopic (exact) mass is 745 g/mol. The Morgan fingerprint density at radius 3 is 2.24 bits per heavy atom. The fraction of sp³-hybridized carbons (Fsp3) is 0.333.